The Bertz CT molecular complexity index is 433. The van der Waals surface area contributed by atoms with Gasteiger partial charge < -0.3 is 10.6 Å². The van der Waals surface area contributed by atoms with E-state index in [1.54, 1.807) is 12.1 Å². The van der Waals surface area contributed by atoms with E-state index in [0.29, 0.717) is 12.5 Å². The van der Waals surface area contributed by atoms with E-state index in [4.69, 9.17) is 0 Å². The van der Waals surface area contributed by atoms with Crippen LogP contribution in [0.25, 0.3) is 0 Å². The van der Waals surface area contributed by atoms with Crippen LogP contribution in [0.1, 0.15) is 31.7 Å². The van der Waals surface area contributed by atoms with Gasteiger partial charge in [0.1, 0.15) is 5.82 Å². The highest BCUT2D eigenvalue weighted by Gasteiger charge is 2.25. The maximum absolute atomic E-state index is 12.8. The van der Waals surface area contributed by atoms with Crippen molar-refractivity contribution < 1.29 is 9.18 Å². The summed E-state index contributed by atoms with van der Waals surface area (Å²) >= 11 is 0. The van der Waals surface area contributed by atoms with Crippen LogP contribution in [0, 0.1) is 11.7 Å². The Hall–Kier alpha value is -1.42. The van der Waals surface area contributed by atoms with Crippen molar-refractivity contribution in [3.05, 3.63) is 35.6 Å². The first-order chi connectivity index (χ1) is 9.69. The summed E-state index contributed by atoms with van der Waals surface area (Å²) in [5.41, 5.74) is 1.04. The van der Waals surface area contributed by atoms with Gasteiger partial charge in [-0.2, -0.15) is 0 Å². The van der Waals surface area contributed by atoms with Crippen LogP contribution in [0.3, 0.4) is 0 Å². The molecule has 0 bridgehead atoms. The van der Waals surface area contributed by atoms with Crippen molar-refractivity contribution in [1.82, 2.24) is 10.6 Å². The maximum atomic E-state index is 12.8. The van der Waals surface area contributed by atoms with E-state index in [0.717, 1.165) is 37.8 Å². The Kier molecular flexibility index (Phi) is 5.53. The molecule has 2 N–H and O–H groups in total. The molecule has 20 heavy (non-hydrogen) atoms. The van der Waals surface area contributed by atoms with Gasteiger partial charge in [-0.25, -0.2) is 4.39 Å². The van der Waals surface area contributed by atoms with Crippen LogP contribution < -0.4 is 10.6 Å². The largest absolute Gasteiger partial charge is 0.354 e. The molecule has 4 heteroatoms. The van der Waals surface area contributed by atoms with Gasteiger partial charge in [0.05, 0.1) is 6.04 Å². The van der Waals surface area contributed by atoms with E-state index in [2.05, 4.69) is 17.6 Å². The highest BCUT2D eigenvalue weighted by molar-refractivity contribution is 5.81. The molecule has 1 aromatic carbocycles. The Labute approximate surface area is 120 Å². The third-order valence-corrected chi connectivity index (χ3v) is 4.03. The lowest BCUT2D eigenvalue weighted by Gasteiger charge is -2.28. The van der Waals surface area contributed by atoms with E-state index in [1.807, 2.05) is 0 Å². The smallest absolute Gasteiger partial charge is 0.237 e. The quantitative estimate of drug-likeness (QED) is 0.867. The number of nitrogens with one attached hydrogen (secondary N) is 2. The fourth-order valence-corrected chi connectivity index (χ4v) is 2.67. The van der Waals surface area contributed by atoms with Crippen molar-refractivity contribution in [3.8, 4) is 0 Å². The number of rotatable bonds is 5. The van der Waals surface area contributed by atoms with Crippen LogP contribution in [0.15, 0.2) is 24.3 Å². The molecule has 110 valence electrons. The summed E-state index contributed by atoms with van der Waals surface area (Å²) in [5, 5.41) is 6.24. The Morgan fingerprint density at radius 3 is 2.85 bits per heavy atom. The highest BCUT2D eigenvalue weighted by Crippen LogP contribution is 2.19. The minimum Gasteiger partial charge on any atom is -0.354 e. The topological polar surface area (TPSA) is 41.1 Å². The van der Waals surface area contributed by atoms with Gasteiger partial charge in [-0.3, -0.25) is 4.79 Å². The molecule has 1 aliphatic heterocycles. The molecule has 0 spiro atoms. The number of carbonyl (C=O) groups is 1. The van der Waals surface area contributed by atoms with Crippen LogP contribution >= 0.6 is 0 Å². The van der Waals surface area contributed by atoms with Gasteiger partial charge in [-0.1, -0.05) is 25.5 Å². The van der Waals surface area contributed by atoms with Gasteiger partial charge in [-0.15, -0.1) is 0 Å². The van der Waals surface area contributed by atoms with E-state index < -0.39 is 0 Å². The first-order valence-corrected chi connectivity index (χ1v) is 7.44. The Balaban J connectivity index is 1.73. The zero-order valence-electron chi connectivity index (χ0n) is 12.0. The van der Waals surface area contributed by atoms with E-state index in [1.165, 1.54) is 12.1 Å². The van der Waals surface area contributed by atoms with Crippen LogP contribution in [0.5, 0.6) is 0 Å². The summed E-state index contributed by atoms with van der Waals surface area (Å²) in [7, 11) is 0. The van der Waals surface area contributed by atoms with Crippen LogP contribution in [0.2, 0.25) is 0 Å². The van der Waals surface area contributed by atoms with Gasteiger partial charge in [0.25, 0.3) is 0 Å². The fraction of sp³-hybridized carbons (Fsp3) is 0.562. The van der Waals surface area contributed by atoms with Gasteiger partial charge >= 0.3 is 0 Å². The van der Waals surface area contributed by atoms with Gasteiger partial charge in [-0.05, 0) is 49.4 Å². The fourth-order valence-electron chi connectivity index (χ4n) is 2.67. The van der Waals surface area contributed by atoms with Gasteiger partial charge in [0, 0.05) is 6.54 Å². The molecule has 1 fully saturated rings. The monoisotopic (exact) mass is 278 g/mol. The number of hydrogen-bond donors (Lipinski definition) is 2. The van der Waals surface area contributed by atoms with Crippen molar-refractivity contribution in [2.45, 2.75) is 38.6 Å². The third-order valence-electron chi connectivity index (χ3n) is 4.03. The number of amides is 1. The predicted octanol–water partition coefficient (Wildman–Crippen LogP) is 2.26. The Morgan fingerprint density at radius 2 is 2.15 bits per heavy atom. The van der Waals surface area contributed by atoms with Gasteiger partial charge in [0.2, 0.25) is 5.91 Å². The Morgan fingerprint density at radius 1 is 1.40 bits per heavy atom. The molecule has 0 radical (unpaired) electrons. The van der Waals surface area contributed by atoms with Crippen LogP contribution in [0.4, 0.5) is 4.39 Å². The van der Waals surface area contributed by atoms with Crippen molar-refractivity contribution in [2.75, 3.05) is 13.1 Å². The zero-order chi connectivity index (χ0) is 14.4. The lowest BCUT2D eigenvalue weighted by molar-refractivity contribution is -0.124. The first-order valence-electron chi connectivity index (χ1n) is 7.44. The van der Waals surface area contributed by atoms with Crippen molar-refractivity contribution in [3.63, 3.8) is 0 Å². The lowest BCUT2D eigenvalue weighted by Crippen LogP contribution is -2.49. The average molecular weight is 278 g/mol. The molecule has 0 aromatic heterocycles. The molecule has 2 atom stereocenters. The van der Waals surface area contributed by atoms with Crippen molar-refractivity contribution >= 4 is 5.91 Å². The van der Waals surface area contributed by atoms with E-state index >= 15 is 0 Å². The maximum Gasteiger partial charge on any atom is 0.237 e. The van der Waals surface area contributed by atoms with Crippen molar-refractivity contribution in [1.29, 1.82) is 0 Å². The summed E-state index contributed by atoms with van der Waals surface area (Å²) in [5.74, 6) is 0.518. The molecule has 1 aromatic rings. The summed E-state index contributed by atoms with van der Waals surface area (Å²) in [6.45, 7) is 3.70. The second kappa shape index (κ2) is 7.39. The average Bonchev–Trinajstić information content (AvgIpc) is 2.49. The lowest BCUT2D eigenvalue weighted by atomic mass is 9.90. The third kappa shape index (κ3) is 4.30. The molecule has 2 rings (SSSR count). The molecule has 0 saturated carbocycles. The number of halogens is 1. The molecule has 0 aliphatic carbocycles. The number of piperidine rings is 1. The molecule has 1 saturated heterocycles. The SMILES string of the molecule is CCC1CCNC(C(=O)NCCc2ccc(F)cc2)C1. The van der Waals surface area contributed by atoms with E-state index in [-0.39, 0.29) is 17.8 Å². The predicted molar refractivity (Wildman–Crippen MR) is 77.9 cm³/mol. The minimum atomic E-state index is -0.227. The van der Waals surface area contributed by atoms with E-state index in [9.17, 15) is 9.18 Å². The summed E-state index contributed by atoms with van der Waals surface area (Å²) in [6, 6.07) is 6.36. The molecule has 3 nitrogen and oxygen atoms in total. The first kappa shape index (κ1) is 15.0. The standard InChI is InChI=1S/C16H23FN2O/c1-2-12-7-9-18-15(11-12)16(20)19-10-8-13-3-5-14(17)6-4-13/h3-6,12,15,18H,2,7-11H2,1H3,(H,19,20). The molecule has 1 heterocycles. The zero-order valence-corrected chi connectivity index (χ0v) is 12.0. The normalized spacial score (nSPS) is 22.5. The number of benzene rings is 1. The second-order valence-corrected chi connectivity index (χ2v) is 5.47. The second-order valence-electron chi connectivity index (χ2n) is 5.47. The number of hydrogen-bond acceptors (Lipinski definition) is 2. The molecule has 1 amide bonds. The minimum absolute atomic E-state index is 0.0538. The highest BCUT2D eigenvalue weighted by atomic mass is 19.1. The molecular weight excluding hydrogens is 255 g/mol. The summed E-state index contributed by atoms with van der Waals surface area (Å²) in [6.07, 6.45) is 3.96. The van der Waals surface area contributed by atoms with Crippen LogP contribution in [-0.2, 0) is 11.2 Å². The van der Waals surface area contributed by atoms with Crippen molar-refractivity contribution in [2.24, 2.45) is 5.92 Å². The number of carbonyl (C=O) groups excluding carboxylic acids is 1. The molecule has 1 aliphatic rings. The molecule has 2 unspecified atom stereocenters. The summed E-state index contributed by atoms with van der Waals surface area (Å²) in [4.78, 5) is 12.1. The summed E-state index contributed by atoms with van der Waals surface area (Å²) < 4.78 is 12.8. The van der Waals surface area contributed by atoms with Gasteiger partial charge in [0.15, 0.2) is 0 Å². The molecular formula is C16H23FN2O. The van der Waals surface area contributed by atoms with Crippen LogP contribution in [-0.4, -0.2) is 25.0 Å².